The van der Waals surface area contributed by atoms with E-state index < -0.39 is 5.97 Å². The van der Waals surface area contributed by atoms with Crippen LogP contribution in [0.5, 0.6) is 11.5 Å². The van der Waals surface area contributed by atoms with E-state index in [2.05, 4.69) is 6.58 Å². The third-order valence-electron chi connectivity index (χ3n) is 2.22. The Bertz CT molecular complexity index is 454. The number of halogens is 1. The van der Waals surface area contributed by atoms with Gasteiger partial charge >= 0.3 is 5.97 Å². The van der Waals surface area contributed by atoms with Gasteiger partial charge in [-0.15, -0.1) is 6.58 Å². The molecule has 0 unspecified atom stereocenters. The van der Waals surface area contributed by atoms with E-state index in [0.29, 0.717) is 6.42 Å². The maximum Gasteiger partial charge on any atom is 0.342 e. The minimum absolute atomic E-state index is 0.0264. The molecule has 0 spiro atoms. The molecule has 17 heavy (non-hydrogen) atoms. The predicted octanol–water partition coefficient (Wildman–Crippen LogP) is 2.79. The molecular formula is C12H13ClO4. The highest BCUT2D eigenvalue weighted by atomic mass is 35.5. The van der Waals surface area contributed by atoms with E-state index in [9.17, 15) is 15.0 Å². The lowest BCUT2D eigenvalue weighted by atomic mass is 10.1. The summed E-state index contributed by atoms with van der Waals surface area (Å²) in [5.74, 6) is -1.30. The van der Waals surface area contributed by atoms with Gasteiger partial charge in [0.05, 0.1) is 11.6 Å². The van der Waals surface area contributed by atoms with Crippen LogP contribution in [0.25, 0.3) is 0 Å². The van der Waals surface area contributed by atoms with Crippen LogP contribution in [0.2, 0.25) is 5.02 Å². The summed E-state index contributed by atoms with van der Waals surface area (Å²) in [6.07, 6.45) is 2.14. The Morgan fingerprint density at radius 2 is 2.18 bits per heavy atom. The van der Waals surface area contributed by atoms with E-state index in [0.717, 1.165) is 6.07 Å². The molecule has 0 radical (unpaired) electrons. The van der Waals surface area contributed by atoms with Gasteiger partial charge in [0.2, 0.25) is 0 Å². The first-order valence-electron chi connectivity index (χ1n) is 4.98. The van der Waals surface area contributed by atoms with Gasteiger partial charge in [0, 0.05) is 6.07 Å². The molecule has 0 heterocycles. The van der Waals surface area contributed by atoms with Crippen LogP contribution in [-0.2, 0) is 4.74 Å². The van der Waals surface area contributed by atoms with Gasteiger partial charge in [0.1, 0.15) is 17.1 Å². The van der Waals surface area contributed by atoms with E-state index in [-0.39, 0.29) is 34.3 Å². The van der Waals surface area contributed by atoms with E-state index in [1.165, 1.54) is 6.92 Å². The highest BCUT2D eigenvalue weighted by Gasteiger charge is 2.20. The van der Waals surface area contributed by atoms with Gasteiger partial charge in [-0.2, -0.15) is 0 Å². The Balaban J connectivity index is 3.01. The topological polar surface area (TPSA) is 66.8 Å². The van der Waals surface area contributed by atoms with E-state index in [4.69, 9.17) is 16.3 Å². The maximum atomic E-state index is 11.7. The van der Waals surface area contributed by atoms with Crippen molar-refractivity contribution in [1.29, 1.82) is 0 Å². The molecule has 0 fully saturated rings. The molecule has 92 valence electrons. The van der Waals surface area contributed by atoms with Crippen molar-refractivity contribution in [2.75, 3.05) is 6.61 Å². The minimum Gasteiger partial charge on any atom is -0.507 e. The van der Waals surface area contributed by atoms with E-state index in [1.807, 2.05) is 0 Å². The van der Waals surface area contributed by atoms with Crippen LogP contribution in [-0.4, -0.2) is 22.8 Å². The van der Waals surface area contributed by atoms with E-state index >= 15 is 0 Å². The number of phenols is 2. The van der Waals surface area contributed by atoms with Crippen LogP contribution < -0.4 is 0 Å². The molecule has 0 aromatic heterocycles. The average Bonchev–Trinajstić information content (AvgIpc) is 2.26. The fraction of sp³-hybridized carbons (Fsp3) is 0.250. The molecule has 0 atom stereocenters. The van der Waals surface area contributed by atoms with Crippen molar-refractivity contribution in [2.24, 2.45) is 0 Å². The van der Waals surface area contributed by atoms with Crippen LogP contribution >= 0.6 is 11.6 Å². The molecule has 5 heteroatoms. The molecule has 0 aliphatic rings. The summed E-state index contributed by atoms with van der Waals surface area (Å²) >= 11 is 5.78. The number of phenolic OH excluding ortho intramolecular Hbond substituents is 2. The highest BCUT2D eigenvalue weighted by molar-refractivity contribution is 6.33. The number of ether oxygens (including phenoxy) is 1. The first-order chi connectivity index (χ1) is 7.99. The Kier molecular flexibility index (Phi) is 4.40. The van der Waals surface area contributed by atoms with Crippen LogP contribution in [0, 0.1) is 6.92 Å². The standard InChI is InChI=1S/C12H13ClO4/c1-3-4-5-17-12(16)10-7(2)11(13)9(15)6-8(10)14/h3,6,14-15H,1,4-5H2,2H3. The summed E-state index contributed by atoms with van der Waals surface area (Å²) in [5.41, 5.74) is 0.254. The predicted molar refractivity (Wildman–Crippen MR) is 64.6 cm³/mol. The number of carbonyl (C=O) groups is 1. The molecule has 0 aliphatic heterocycles. The van der Waals surface area contributed by atoms with Gasteiger partial charge in [-0.3, -0.25) is 0 Å². The lowest BCUT2D eigenvalue weighted by Gasteiger charge is -2.10. The second kappa shape index (κ2) is 5.59. The quantitative estimate of drug-likeness (QED) is 0.494. The molecule has 4 nitrogen and oxygen atoms in total. The fourth-order valence-corrected chi connectivity index (χ4v) is 1.47. The summed E-state index contributed by atoms with van der Waals surface area (Å²) in [6, 6.07) is 1.01. The van der Waals surface area contributed by atoms with Crippen LogP contribution in [0.15, 0.2) is 18.7 Å². The molecule has 2 N–H and O–H groups in total. The van der Waals surface area contributed by atoms with Gasteiger partial charge in [0.25, 0.3) is 0 Å². The zero-order valence-electron chi connectivity index (χ0n) is 9.36. The number of benzene rings is 1. The van der Waals surface area contributed by atoms with Crippen molar-refractivity contribution >= 4 is 17.6 Å². The minimum atomic E-state index is -0.677. The average molecular weight is 257 g/mol. The van der Waals surface area contributed by atoms with Crippen molar-refractivity contribution < 1.29 is 19.7 Å². The Hall–Kier alpha value is -1.68. The Morgan fingerprint density at radius 3 is 2.76 bits per heavy atom. The van der Waals surface area contributed by atoms with Crippen LogP contribution in [0.3, 0.4) is 0 Å². The summed E-state index contributed by atoms with van der Waals surface area (Å²) in [6.45, 7) is 5.20. The molecule has 0 saturated heterocycles. The van der Waals surface area contributed by atoms with Crippen molar-refractivity contribution in [1.82, 2.24) is 0 Å². The van der Waals surface area contributed by atoms with Gasteiger partial charge in [-0.25, -0.2) is 4.79 Å². The lowest BCUT2D eigenvalue weighted by molar-refractivity contribution is 0.0507. The Labute approximate surface area is 104 Å². The van der Waals surface area contributed by atoms with Gasteiger partial charge in [-0.1, -0.05) is 17.7 Å². The van der Waals surface area contributed by atoms with Crippen LogP contribution in [0.1, 0.15) is 22.3 Å². The summed E-state index contributed by atoms with van der Waals surface area (Å²) < 4.78 is 4.91. The summed E-state index contributed by atoms with van der Waals surface area (Å²) in [4.78, 5) is 11.7. The number of carbonyl (C=O) groups excluding carboxylic acids is 1. The monoisotopic (exact) mass is 256 g/mol. The lowest BCUT2D eigenvalue weighted by Crippen LogP contribution is -2.08. The van der Waals surface area contributed by atoms with Crippen molar-refractivity contribution in [3.63, 3.8) is 0 Å². The first kappa shape index (κ1) is 13.4. The second-order valence-corrected chi connectivity index (χ2v) is 3.82. The normalized spacial score (nSPS) is 10.0. The van der Waals surface area contributed by atoms with Crippen molar-refractivity contribution in [3.05, 3.63) is 34.9 Å². The molecular weight excluding hydrogens is 244 g/mol. The maximum absolute atomic E-state index is 11.7. The largest absolute Gasteiger partial charge is 0.507 e. The molecule has 1 rings (SSSR count). The molecule has 0 bridgehead atoms. The molecule has 0 aliphatic carbocycles. The van der Waals surface area contributed by atoms with Gasteiger partial charge in [-0.05, 0) is 18.9 Å². The number of rotatable bonds is 4. The second-order valence-electron chi connectivity index (χ2n) is 3.44. The smallest absolute Gasteiger partial charge is 0.342 e. The SMILES string of the molecule is C=CCCOC(=O)c1c(O)cc(O)c(Cl)c1C. The fourth-order valence-electron chi connectivity index (χ4n) is 1.32. The van der Waals surface area contributed by atoms with Gasteiger partial charge < -0.3 is 14.9 Å². The molecule has 0 saturated carbocycles. The van der Waals surface area contributed by atoms with Crippen molar-refractivity contribution in [2.45, 2.75) is 13.3 Å². The molecule has 1 aromatic carbocycles. The number of esters is 1. The third-order valence-corrected chi connectivity index (χ3v) is 2.70. The van der Waals surface area contributed by atoms with Crippen molar-refractivity contribution in [3.8, 4) is 11.5 Å². The van der Waals surface area contributed by atoms with E-state index in [1.54, 1.807) is 6.08 Å². The van der Waals surface area contributed by atoms with Gasteiger partial charge in [0.15, 0.2) is 0 Å². The number of hydrogen-bond donors (Lipinski definition) is 2. The third kappa shape index (κ3) is 2.91. The zero-order chi connectivity index (χ0) is 13.0. The highest BCUT2D eigenvalue weighted by Crippen LogP contribution is 2.35. The van der Waals surface area contributed by atoms with Crippen LogP contribution in [0.4, 0.5) is 0 Å². The zero-order valence-corrected chi connectivity index (χ0v) is 10.1. The number of aromatic hydroxyl groups is 2. The molecule has 0 amide bonds. The summed E-state index contributed by atoms with van der Waals surface area (Å²) in [5, 5.41) is 19.0. The number of hydrogen-bond acceptors (Lipinski definition) is 4. The Morgan fingerprint density at radius 1 is 1.53 bits per heavy atom. The molecule has 1 aromatic rings. The first-order valence-corrected chi connectivity index (χ1v) is 5.35. The summed E-state index contributed by atoms with van der Waals surface area (Å²) in [7, 11) is 0.